The fourth-order valence-corrected chi connectivity index (χ4v) is 3.42. The van der Waals surface area contributed by atoms with Crippen molar-refractivity contribution in [1.82, 2.24) is 9.97 Å². The van der Waals surface area contributed by atoms with Gasteiger partial charge in [0.05, 0.1) is 10.6 Å². The van der Waals surface area contributed by atoms with Crippen LogP contribution >= 0.6 is 0 Å². The van der Waals surface area contributed by atoms with Crippen LogP contribution in [0.1, 0.15) is 13.3 Å². The summed E-state index contributed by atoms with van der Waals surface area (Å²) in [5.41, 5.74) is 0. The third kappa shape index (κ3) is 3.77. The molecule has 6 heteroatoms. The molecular weight excluding hydrogens is 274 g/mol. The summed E-state index contributed by atoms with van der Waals surface area (Å²) in [5.74, 6) is 0.466. The molecule has 0 radical (unpaired) electrons. The van der Waals surface area contributed by atoms with E-state index in [2.05, 4.69) is 15.3 Å². The van der Waals surface area contributed by atoms with E-state index >= 15 is 0 Å². The summed E-state index contributed by atoms with van der Waals surface area (Å²) in [6.45, 7) is 1.93. The molecule has 0 saturated heterocycles. The quantitative estimate of drug-likeness (QED) is 0.883. The first-order valence-electron chi connectivity index (χ1n) is 6.43. The van der Waals surface area contributed by atoms with E-state index in [-0.39, 0.29) is 11.8 Å². The van der Waals surface area contributed by atoms with Crippen LogP contribution in [0.2, 0.25) is 0 Å². The van der Waals surface area contributed by atoms with Gasteiger partial charge in [0.2, 0.25) is 5.95 Å². The van der Waals surface area contributed by atoms with E-state index in [0.29, 0.717) is 17.3 Å². The van der Waals surface area contributed by atoms with E-state index in [1.54, 1.807) is 48.8 Å². The smallest absolute Gasteiger partial charge is 0.222 e. The molecule has 1 aromatic heterocycles. The van der Waals surface area contributed by atoms with Crippen LogP contribution in [0.25, 0.3) is 0 Å². The van der Waals surface area contributed by atoms with Gasteiger partial charge in [0.25, 0.3) is 0 Å². The summed E-state index contributed by atoms with van der Waals surface area (Å²) in [7, 11) is -3.31. The third-order valence-electron chi connectivity index (χ3n) is 2.91. The topological polar surface area (TPSA) is 72.0 Å². The van der Waals surface area contributed by atoms with Crippen molar-refractivity contribution in [3.05, 3.63) is 48.8 Å². The minimum Gasteiger partial charge on any atom is -0.350 e. The van der Waals surface area contributed by atoms with Crippen molar-refractivity contribution in [2.24, 2.45) is 0 Å². The highest BCUT2D eigenvalue weighted by Gasteiger charge is 2.20. The standard InChI is InChI=1S/C14H17N3O2S/c1-2-12(17-14-15-9-6-10-16-14)11-20(18,19)13-7-4-3-5-8-13/h3-10,12H,2,11H2,1H3,(H,15,16,17)/t12-/m1/s1. The van der Waals surface area contributed by atoms with Gasteiger partial charge in [-0.15, -0.1) is 0 Å². The van der Waals surface area contributed by atoms with E-state index in [1.165, 1.54) is 0 Å². The van der Waals surface area contributed by atoms with E-state index in [1.807, 2.05) is 6.92 Å². The average Bonchev–Trinajstić information content (AvgIpc) is 2.48. The molecule has 0 saturated carbocycles. The summed E-state index contributed by atoms with van der Waals surface area (Å²) in [6, 6.07) is 9.97. The van der Waals surface area contributed by atoms with Crippen LogP contribution in [-0.4, -0.2) is 30.2 Å². The SMILES string of the molecule is CC[C@H](CS(=O)(=O)c1ccccc1)Nc1ncccn1. The zero-order valence-electron chi connectivity index (χ0n) is 11.2. The predicted molar refractivity (Wildman–Crippen MR) is 78.2 cm³/mol. The van der Waals surface area contributed by atoms with E-state index < -0.39 is 9.84 Å². The highest BCUT2D eigenvalue weighted by Crippen LogP contribution is 2.14. The normalized spacial score (nSPS) is 12.8. The second kappa shape index (κ2) is 6.47. The van der Waals surface area contributed by atoms with Crippen LogP contribution in [0.15, 0.2) is 53.7 Å². The zero-order chi connectivity index (χ0) is 14.4. The molecule has 0 aliphatic heterocycles. The number of aromatic nitrogens is 2. The van der Waals surface area contributed by atoms with Crippen LogP contribution in [-0.2, 0) is 9.84 Å². The first-order valence-corrected chi connectivity index (χ1v) is 8.08. The Morgan fingerprint density at radius 2 is 1.75 bits per heavy atom. The molecule has 2 rings (SSSR count). The summed E-state index contributed by atoms with van der Waals surface area (Å²) in [6.07, 6.45) is 3.91. The molecule has 0 aliphatic rings. The van der Waals surface area contributed by atoms with Crippen molar-refractivity contribution in [3.63, 3.8) is 0 Å². The summed E-state index contributed by atoms with van der Waals surface area (Å²) in [4.78, 5) is 8.45. The Balaban J connectivity index is 2.10. The van der Waals surface area contributed by atoms with Crippen molar-refractivity contribution in [1.29, 1.82) is 0 Å². The Hall–Kier alpha value is -1.95. The predicted octanol–water partition coefficient (Wildman–Crippen LogP) is 2.14. The van der Waals surface area contributed by atoms with Crippen LogP contribution < -0.4 is 5.32 Å². The van der Waals surface area contributed by atoms with Crippen molar-refractivity contribution >= 4 is 15.8 Å². The highest BCUT2D eigenvalue weighted by atomic mass is 32.2. The second-order valence-corrected chi connectivity index (χ2v) is 6.45. The van der Waals surface area contributed by atoms with E-state index in [9.17, 15) is 8.42 Å². The summed E-state index contributed by atoms with van der Waals surface area (Å²) in [5, 5.41) is 3.05. The number of hydrogen-bond donors (Lipinski definition) is 1. The maximum absolute atomic E-state index is 12.3. The number of sulfone groups is 1. The zero-order valence-corrected chi connectivity index (χ0v) is 12.0. The fourth-order valence-electron chi connectivity index (χ4n) is 1.81. The second-order valence-electron chi connectivity index (χ2n) is 4.42. The van der Waals surface area contributed by atoms with Gasteiger partial charge in [-0.2, -0.15) is 0 Å². The number of rotatable bonds is 6. The number of benzene rings is 1. The van der Waals surface area contributed by atoms with Crippen molar-refractivity contribution < 1.29 is 8.42 Å². The minimum atomic E-state index is -3.31. The molecule has 1 aromatic carbocycles. The van der Waals surface area contributed by atoms with Gasteiger partial charge in [0.1, 0.15) is 0 Å². The Labute approximate surface area is 119 Å². The van der Waals surface area contributed by atoms with Crippen LogP contribution in [0, 0.1) is 0 Å². The van der Waals surface area contributed by atoms with Gasteiger partial charge in [0.15, 0.2) is 9.84 Å². The first kappa shape index (κ1) is 14.5. The molecule has 0 amide bonds. The summed E-state index contributed by atoms with van der Waals surface area (Å²) >= 11 is 0. The molecule has 2 aromatic rings. The fraction of sp³-hybridized carbons (Fsp3) is 0.286. The van der Waals surface area contributed by atoms with Crippen LogP contribution in [0.4, 0.5) is 5.95 Å². The van der Waals surface area contributed by atoms with Gasteiger partial charge in [-0.05, 0) is 24.6 Å². The minimum absolute atomic E-state index is 0.0196. The molecule has 1 atom stereocenters. The molecule has 0 fully saturated rings. The average molecular weight is 291 g/mol. The molecule has 1 heterocycles. The number of nitrogens with zero attached hydrogens (tertiary/aromatic N) is 2. The molecule has 0 aliphatic carbocycles. The maximum Gasteiger partial charge on any atom is 0.222 e. The Morgan fingerprint density at radius 1 is 1.10 bits per heavy atom. The third-order valence-corrected chi connectivity index (χ3v) is 4.75. The molecule has 5 nitrogen and oxygen atoms in total. The monoisotopic (exact) mass is 291 g/mol. The molecule has 106 valence electrons. The van der Waals surface area contributed by atoms with Gasteiger partial charge in [-0.1, -0.05) is 25.1 Å². The van der Waals surface area contributed by atoms with Crippen molar-refractivity contribution in [3.8, 4) is 0 Å². The molecule has 0 bridgehead atoms. The van der Waals surface area contributed by atoms with Crippen molar-refractivity contribution in [2.45, 2.75) is 24.3 Å². The molecule has 0 unspecified atom stereocenters. The van der Waals surface area contributed by atoms with Crippen LogP contribution in [0.5, 0.6) is 0 Å². The number of hydrogen-bond acceptors (Lipinski definition) is 5. The summed E-state index contributed by atoms with van der Waals surface area (Å²) < 4.78 is 24.6. The Kier molecular flexibility index (Phi) is 4.68. The lowest BCUT2D eigenvalue weighted by Crippen LogP contribution is -2.29. The Morgan fingerprint density at radius 3 is 2.35 bits per heavy atom. The van der Waals surface area contributed by atoms with E-state index in [4.69, 9.17) is 0 Å². The van der Waals surface area contributed by atoms with Gasteiger partial charge in [-0.3, -0.25) is 0 Å². The maximum atomic E-state index is 12.3. The van der Waals surface area contributed by atoms with Crippen LogP contribution in [0.3, 0.4) is 0 Å². The van der Waals surface area contributed by atoms with Crippen molar-refractivity contribution in [2.75, 3.05) is 11.1 Å². The first-order chi connectivity index (χ1) is 9.62. The van der Waals surface area contributed by atoms with E-state index in [0.717, 1.165) is 0 Å². The lowest BCUT2D eigenvalue weighted by molar-refractivity contribution is 0.587. The lowest BCUT2D eigenvalue weighted by Gasteiger charge is -2.16. The lowest BCUT2D eigenvalue weighted by atomic mass is 10.3. The van der Waals surface area contributed by atoms with Gasteiger partial charge in [0, 0.05) is 18.4 Å². The van der Waals surface area contributed by atoms with Gasteiger partial charge < -0.3 is 5.32 Å². The molecule has 1 N–H and O–H groups in total. The molecular formula is C14H17N3O2S. The number of nitrogens with one attached hydrogen (secondary N) is 1. The largest absolute Gasteiger partial charge is 0.350 e. The molecule has 0 spiro atoms. The number of anilines is 1. The Bertz CT molecular complexity index is 630. The highest BCUT2D eigenvalue weighted by molar-refractivity contribution is 7.91. The van der Waals surface area contributed by atoms with Gasteiger partial charge >= 0.3 is 0 Å². The molecule has 20 heavy (non-hydrogen) atoms. The van der Waals surface area contributed by atoms with Gasteiger partial charge in [-0.25, -0.2) is 18.4 Å².